The summed E-state index contributed by atoms with van der Waals surface area (Å²) in [6.07, 6.45) is 20.1. The van der Waals surface area contributed by atoms with E-state index < -0.39 is 24.0 Å². The van der Waals surface area contributed by atoms with Gasteiger partial charge in [-0.2, -0.15) is 0 Å². The van der Waals surface area contributed by atoms with Crippen LogP contribution < -0.4 is 10.6 Å². The van der Waals surface area contributed by atoms with Gasteiger partial charge in [0.1, 0.15) is 12.1 Å². The second-order valence-electron chi connectivity index (χ2n) is 10.3. The Labute approximate surface area is 250 Å². The minimum absolute atomic E-state index is 0.223. The Balaban J connectivity index is -0.000000554. The van der Waals surface area contributed by atoms with E-state index in [1.165, 1.54) is 47.3 Å². The molecule has 8 nitrogen and oxygen atoms in total. The molecule has 41 heavy (non-hydrogen) atoms. The molecule has 2 atom stereocenters. The maximum absolute atomic E-state index is 11.4. The lowest BCUT2D eigenvalue weighted by molar-refractivity contribution is -0.145. The summed E-state index contributed by atoms with van der Waals surface area (Å²) in [5, 5.41) is 5.08. The highest BCUT2D eigenvalue weighted by molar-refractivity contribution is 5.83. The van der Waals surface area contributed by atoms with Crippen LogP contribution in [0.1, 0.15) is 114 Å². The zero-order valence-electron chi connectivity index (χ0n) is 27.8. The van der Waals surface area contributed by atoms with Gasteiger partial charge in [-0.05, 0) is 50.9 Å². The summed E-state index contributed by atoms with van der Waals surface area (Å²) in [4.78, 5) is 44.2. The van der Waals surface area contributed by atoms with E-state index in [4.69, 9.17) is 0 Å². The average molecular weight is 581 g/mol. The van der Waals surface area contributed by atoms with Crippen LogP contribution in [0.3, 0.4) is 0 Å². The minimum Gasteiger partial charge on any atom is -0.467 e. The highest BCUT2D eigenvalue weighted by Gasteiger charge is 2.19. The van der Waals surface area contributed by atoms with Crippen molar-refractivity contribution < 1.29 is 28.7 Å². The van der Waals surface area contributed by atoms with Crippen LogP contribution in [0, 0.1) is 11.3 Å². The normalized spacial score (nSPS) is 12.7. The summed E-state index contributed by atoms with van der Waals surface area (Å²) < 4.78 is 9.17. The fourth-order valence-electron chi connectivity index (χ4n) is 3.56. The largest absolute Gasteiger partial charge is 0.467 e. The highest BCUT2D eigenvalue weighted by Crippen LogP contribution is 2.29. The molecule has 0 saturated heterocycles. The van der Waals surface area contributed by atoms with Crippen molar-refractivity contribution in [1.82, 2.24) is 10.6 Å². The van der Waals surface area contributed by atoms with Crippen LogP contribution >= 0.6 is 0 Å². The van der Waals surface area contributed by atoms with E-state index in [1.807, 2.05) is 19.1 Å². The molecule has 238 valence electrons. The Morgan fingerprint density at radius 3 is 1.39 bits per heavy atom. The Kier molecular flexibility index (Phi) is 28.3. The number of ether oxygens (including phenoxy) is 2. The molecule has 0 radical (unpaired) electrons. The molecule has 2 amide bonds. The number of carbonyl (C=O) groups is 4. The third-order valence-electron chi connectivity index (χ3n) is 7.05. The average Bonchev–Trinajstić information content (AvgIpc) is 2.96. The van der Waals surface area contributed by atoms with Crippen molar-refractivity contribution in [1.29, 1.82) is 0 Å². The van der Waals surface area contributed by atoms with Crippen LogP contribution in [-0.4, -0.2) is 50.1 Å². The van der Waals surface area contributed by atoms with Gasteiger partial charge in [-0.1, -0.05) is 96.8 Å². The first-order valence-corrected chi connectivity index (χ1v) is 14.9. The van der Waals surface area contributed by atoms with E-state index in [2.05, 4.69) is 79.9 Å². The Bertz CT molecular complexity index is 796. The molecule has 0 bridgehead atoms. The van der Waals surface area contributed by atoms with Crippen molar-refractivity contribution in [3.8, 4) is 0 Å². The van der Waals surface area contributed by atoms with Crippen LogP contribution in [0.5, 0.6) is 0 Å². The van der Waals surface area contributed by atoms with Gasteiger partial charge >= 0.3 is 11.9 Å². The first kappa shape index (κ1) is 42.6. The van der Waals surface area contributed by atoms with E-state index in [0.29, 0.717) is 24.2 Å². The molecule has 0 heterocycles. The number of carbonyl (C=O) groups excluding carboxylic acids is 4. The molecule has 0 unspecified atom stereocenters. The summed E-state index contributed by atoms with van der Waals surface area (Å²) in [7, 11) is 2.62. The lowest BCUT2D eigenvalue weighted by Crippen LogP contribution is -2.39. The topological polar surface area (TPSA) is 111 Å². The fourth-order valence-corrected chi connectivity index (χ4v) is 3.56. The molecule has 0 aliphatic carbocycles. The van der Waals surface area contributed by atoms with Gasteiger partial charge in [0, 0.05) is 13.8 Å². The van der Waals surface area contributed by atoms with Gasteiger partial charge in [-0.15, -0.1) is 0 Å². The van der Waals surface area contributed by atoms with E-state index in [1.54, 1.807) is 6.08 Å². The second kappa shape index (κ2) is 27.3. The smallest absolute Gasteiger partial charge is 0.328 e. The Morgan fingerprint density at radius 2 is 1.07 bits per heavy atom. The lowest BCUT2D eigenvalue weighted by Gasteiger charge is -2.24. The molecule has 0 fully saturated rings. The number of esters is 2. The zero-order valence-corrected chi connectivity index (χ0v) is 27.8. The van der Waals surface area contributed by atoms with E-state index in [0.717, 1.165) is 19.3 Å². The van der Waals surface area contributed by atoms with E-state index in [-0.39, 0.29) is 11.8 Å². The monoisotopic (exact) mass is 580 g/mol. The van der Waals surface area contributed by atoms with Crippen molar-refractivity contribution in [2.24, 2.45) is 11.3 Å². The maximum Gasteiger partial charge on any atom is 0.328 e. The third-order valence-corrected chi connectivity index (χ3v) is 7.05. The molecule has 0 spiro atoms. The number of hydrogen-bond donors (Lipinski definition) is 2. The van der Waals surface area contributed by atoms with Crippen LogP contribution in [0.2, 0.25) is 0 Å². The fraction of sp³-hybridized carbons (Fsp3) is 0.697. The molecular formula is C33H60N2O6. The van der Waals surface area contributed by atoms with Crippen LogP contribution in [-0.2, 0) is 28.7 Å². The summed E-state index contributed by atoms with van der Waals surface area (Å²) in [5.74, 6) is -0.594. The van der Waals surface area contributed by atoms with E-state index >= 15 is 0 Å². The number of methoxy groups -OCH3 is 2. The highest BCUT2D eigenvalue weighted by atomic mass is 16.5. The number of hydrogen-bond acceptors (Lipinski definition) is 6. The van der Waals surface area contributed by atoms with Crippen molar-refractivity contribution in [2.75, 3.05) is 14.2 Å². The van der Waals surface area contributed by atoms with Crippen molar-refractivity contribution in [2.45, 2.75) is 126 Å². The quantitative estimate of drug-likeness (QED) is 0.153. The van der Waals surface area contributed by atoms with Gasteiger partial charge in [-0.3, -0.25) is 9.59 Å². The molecule has 2 N–H and O–H groups in total. The third kappa shape index (κ3) is 24.6. The van der Waals surface area contributed by atoms with Gasteiger partial charge < -0.3 is 20.1 Å². The summed E-state index contributed by atoms with van der Waals surface area (Å²) in [5.41, 5.74) is 0.548. The first-order valence-electron chi connectivity index (χ1n) is 14.9. The molecule has 0 aromatic rings. The molecule has 8 heteroatoms. The molecule has 0 aliphatic rings. The molecule has 0 saturated carbocycles. The van der Waals surface area contributed by atoms with Crippen LogP contribution in [0.4, 0.5) is 0 Å². The molecule has 0 aliphatic heterocycles. The van der Waals surface area contributed by atoms with Crippen molar-refractivity contribution >= 4 is 23.8 Å². The van der Waals surface area contributed by atoms with Gasteiger partial charge in [0.05, 0.1) is 14.2 Å². The van der Waals surface area contributed by atoms with Crippen molar-refractivity contribution in [3.05, 3.63) is 36.5 Å². The van der Waals surface area contributed by atoms with Crippen LogP contribution in [0.15, 0.2) is 36.5 Å². The maximum atomic E-state index is 11.4. The summed E-state index contributed by atoms with van der Waals surface area (Å²) in [6.45, 7) is 17.9. The van der Waals surface area contributed by atoms with Gasteiger partial charge in [0.25, 0.3) is 0 Å². The predicted octanol–water partition coefficient (Wildman–Crippen LogP) is 6.85. The van der Waals surface area contributed by atoms with Crippen molar-refractivity contribution in [3.63, 3.8) is 0 Å². The van der Waals surface area contributed by atoms with Crippen LogP contribution in [0.25, 0.3) is 0 Å². The minimum atomic E-state index is -0.578. The number of allylic oxidation sites excluding steroid dienone is 4. The number of nitrogens with one attached hydrogen (secondary N) is 2. The molecule has 0 aromatic carbocycles. The zero-order chi connectivity index (χ0) is 32.3. The molecular weight excluding hydrogens is 520 g/mol. The van der Waals surface area contributed by atoms with E-state index in [9.17, 15) is 19.2 Å². The standard InChI is InChI=1S/C14H25NO3.C10H20.C9H15NO3/c1-5-12(6-2)9-7-8-10-13(14(17)18-4)15-11(3)16;1-5-8-9-10(4,6-2)7-3;1-4-5-6-8(9(12)13-3)10-7(2)11/h7-8,12-13H,5-6,9-10H2,1-4H3,(H,15,16);5,8H,6-7,9H2,1-4H3;4-5,8H,6H2,1-3H3,(H,10,11)/t13-;;8-/m0.0/s1. The molecule has 0 rings (SSSR count). The Hall–Kier alpha value is -2.90. The number of rotatable bonds is 16. The van der Waals surface area contributed by atoms with Gasteiger partial charge in [0.15, 0.2) is 0 Å². The first-order chi connectivity index (χ1) is 19.3. The SMILES string of the molecule is CC=CCC(C)(CC)CC.CC=CC[C@H](NC(C)=O)C(=O)OC.CCC(CC)CC=CC[C@H](NC(C)=O)C(=O)OC. The second-order valence-corrected chi connectivity index (χ2v) is 10.3. The summed E-state index contributed by atoms with van der Waals surface area (Å²) in [6, 6.07) is -1.15. The molecule has 0 aromatic heterocycles. The summed E-state index contributed by atoms with van der Waals surface area (Å²) >= 11 is 0. The number of amides is 2. The Morgan fingerprint density at radius 1 is 0.683 bits per heavy atom. The van der Waals surface area contributed by atoms with Gasteiger partial charge in [0.2, 0.25) is 11.8 Å². The lowest BCUT2D eigenvalue weighted by atomic mass is 9.81. The predicted molar refractivity (Wildman–Crippen MR) is 169 cm³/mol. The van der Waals surface area contributed by atoms with Gasteiger partial charge in [-0.25, -0.2) is 9.59 Å².